The topological polar surface area (TPSA) is 0 Å². The molecule has 0 saturated heterocycles. The van der Waals surface area contributed by atoms with Gasteiger partial charge in [0.05, 0.1) is 0 Å². The van der Waals surface area contributed by atoms with Gasteiger partial charge in [-0.25, -0.2) is 0 Å². The molecule has 0 N–H and O–H groups in total. The van der Waals surface area contributed by atoms with E-state index in [4.69, 9.17) is 0 Å². The molecule has 0 aliphatic heterocycles. The molecule has 0 aliphatic carbocycles. The van der Waals surface area contributed by atoms with Crippen LogP contribution in [0.15, 0.2) is 24.3 Å². The van der Waals surface area contributed by atoms with Crippen molar-refractivity contribution in [2.45, 2.75) is 6.18 Å². The van der Waals surface area contributed by atoms with Crippen molar-refractivity contribution in [1.29, 1.82) is 0 Å². The second-order valence-corrected chi connectivity index (χ2v) is 3.58. The summed E-state index contributed by atoms with van der Waals surface area (Å²) in [7, 11) is 0. The molecule has 0 fully saturated rings. The van der Waals surface area contributed by atoms with Crippen LogP contribution in [0.25, 0.3) is 0 Å². The summed E-state index contributed by atoms with van der Waals surface area (Å²) in [5.74, 6) is 0. The van der Waals surface area contributed by atoms with Crippen LogP contribution in [0.1, 0.15) is 5.56 Å². The molecule has 0 aromatic heterocycles. The Bertz CT molecular complexity index is 259. The minimum atomic E-state index is -4.19. The van der Waals surface area contributed by atoms with Crippen molar-refractivity contribution in [1.82, 2.24) is 0 Å². The molecule has 5 heteroatoms. The van der Waals surface area contributed by atoms with Crippen LogP contribution in [0, 0.1) is 0 Å². The second-order valence-electron chi connectivity index (χ2n) is 2.04. The van der Waals surface area contributed by atoms with Crippen LogP contribution in [-0.2, 0) is 6.18 Å². The van der Waals surface area contributed by atoms with E-state index in [1.807, 2.05) is 0 Å². The number of hydrogen-bond acceptors (Lipinski definition) is 0. The van der Waals surface area contributed by atoms with Crippen LogP contribution >= 0.6 is 12.4 Å². The van der Waals surface area contributed by atoms with Crippen LogP contribution in [-0.4, -0.2) is 22.5 Å². The number of benzene rings is 1. The first-order valence-corrected chi connectivity index (χ1v) is 4.32. The van der Waals surface area contributed by atoms with Crippen molar-refractivity contribution >= 4 is 38.5 Å². The molecule has 0 aliphatic rings. The summed E-state index contributed by atoms with van der Waals surface area (Å²) in [5, 5.41) is 0. The predicted molar refractivity (Wildman–Crippen MR) is 44.1 cm³/mol. The van der Waals surface area contributed by atoms with Gasteiger partial charge in [0.2, 0.25) is 0 Å². The molecule has 1 aromatic rings. The Morgan fingerprint density at radius 3 is 1.92 bits per heavy atom. The molecule has 0 spiro atoms. The van der Waals surface area contributed by atoms with Crippen LogP contribution in [0.2, 0.25) is 0 Å². The average Bonchev–Trinajstić information content (AvgIpc) is 1.86. The Hall–Kier alpha value is 0.0987. The molecular formula is C7H5ClF3Sn. The normalized spacial score (nSPS) is 10.7. The molecule has 0 bridgehead atoms. The van der Waals surface area contributed by atoms with E-state index < -0.39 is 11.7 Å². The summed E-state index contributed by atoms with van der Waals surface area (Å²) < 4.78 is 36.5. The second kappa shape index (κ2) is 4.37. The molecular weight excluding hydrogens is 295 g/mol. The van der Waals surface area contributed by atoms with Gasteiger partial charge in [0.15, 0.2) is 0 Å². The third kappa shape index (κ3) is 2.86. The van der Waals surface area contributed by atoms with E-state index in [9.17, 15) is 13.2 Å². The molecule has 3 radical (unpaired) electrons. The molecule has 0 unspecified atom stereocenters. The van der Waals surface area contributed by atoms with Gasteiger partial charge in [0.25, 0.3) is 0 Å². The number of halogens is 4. The number of rotatable bonds is 0. The van der Waals surface area contributed by atoms with Gasteiger partial charge in [0.1, 0.15) is 0 Å². The fourth-order valence-electron chi connectivity index (χ4n) is 0.730. The average molecular weight is 300 g/mol. The van der Waals surface area contributed by atoms with Crippen LogP contribution in [0.4, 0.5) is 13.2 Å². The predicted octanol–water partition coefficient (Wildman–Crippen LogP) is 1.92. The molecule has 0 nitrogen and oxygen atoms in total. The third-order valence-corrected chi connectivity index (χ3v) is 2.48. The van der Waals surface area contributed by atoms with Crippen molar-refractivity contribution in [2.75, 3.05) is 0 Å². The molecule has 0 amide bonds. The van der Waals surface area contributed by atoms with Crippen LogP contribution in [0.3, 0.4) is 0 Å². The van der Waals surface area contributed by atoms with Crippen LogP contribution in [0.5, 0.6) is 0 Å². The summed E-state index contributed by atoms with van der Waals surface area (Å²) in [6, 6.07) is 5.60. The Balaban J connectivity index is 0.00000121. The van der Waals surface area contributed by atoms with E-state index in [1.165, 1.54) is 12.1 Å². The van der Waals surface area contributed by atoms with Crippen molar-refractivity contribution in [3.8, 4) is 0 Å². The Morgan fingerprint density at radius 1 is 1.08 bits per heavy atom. The van der Waals surface area contributed by atoms with Gasteiger partial charge in [0, 0.05) is 0 Å². The maximum absolute atomic E-state index is 12.1. The third-order valence-electron chi connectivity index (χ3n) is 1.23. The van der Waals surface area contributed by atoms with Crippen molar-refractivity contribution < 1.29 is 13.2 Å². The molecule has 0 atom stereocenters. The summed E-state index contributed by atoms with van der Waals surface area (Å²) in [6.07, 6.45) is -4.19. The first kappa shape index (κ1) is 12.1. The molecule has 1 rings (SSSR count). The van der Waals surface area contributed by atoms with E-state index in [-0.39, 0.29) is 12.4 Å². The molecule has 1 aromatic carbocycles. The quantitative estimate of drug-likeness (QED) is 0.642. The van der Waals surface area contributed by atoms with E-state index in [1.54, 1.807) is 6.07 Å². The minimum absolute atomic E-state index is 0. The van der Waals surface area contributed by atoms with E-state index >= 15 is 0 Å². The first-order chi connectivity index (χ1) is 5.02. The van der Waals surface area contributed by atoms with Crippen LogP contribution < -0.4 is 3.58 Å². The van der Waals surface area contributed by atoms with Gasteiger partial charge in [-0.3, -0.25) is 0 Å². The molecule has 0 saturated carbocycles. The van der Waals surface area contributed by atoms with Crippen molar-refractivity contribution in [3.05, 3.63) is 29.8 Å². The van der Waals surface area contributed by atoms with E-state index in [0.29, 0.717) is 3.58 Å². The summed E-state index contributed by atoms with van der Waals surface area (Å²) >= 11 is 0.792. The van der Waals surface area contributed by atoms with Gasteiger partial charge in [-0.15, -0.1) is 12.4 Å². The Kier molecular flexibility index (Phi) is 4.40. The molecule has 12 heavy (non-hydrogen) atoms. The SMILES string of the molecule is Cl.FC(F)(F)c1cccc[c]1[Sn]. The van der Waals surface area contributed by atoms with Gasteiger partial charge < -0.3 is 0 Å². The Morgan fingerprint density at radius 2 is 1.58 bits per heavy atom. The summed E-state index contributed by atoms with van der Waals surface area (Å²) in [5.41, 5.74) is -0.516. The standard InChI is InChI=1S/C7H4F3.ClH.Sn/c8-7(9,10)6-4-2-1-3-5-6;;/h1-4H;1H;. The number of alkyl halides is 3. The van der Waals surface area contributed by atoms with Gasteiger partial charge in [-0.05, 0) is 0 Å². The van der Waals surface area contributed by atoms with Gasteiger partial charge in [-0.2, -0.15) is 0 Å². The Labute approximate surface area is 87.7 Å². The zero-order valence-corrected chi connectivity index (χ0v) is 9.52. The summed E-state index contributed by atoms with van der Waals surface area (Å²) in [4.78, 5) is 0. The van der Waals surface area contributed by atoms with Gasteiger partial charge in [-0.1, -0.05) is 0 Å². The monoisotopic (exact) mass is 301 g/mol. The zero-order valence-electron chi connectivity index (χ0n) is 5.85. The van der Waals surface area contributed by atoms with Gasteiger partial charge >= 0.3 is 75.3 Å². The van der Waals surface area contributed by atoms with E-state index in [0.717, 1.165) is 28.6 Å². The maximum atomic E-state index is 12.1. The van der Waals surface area contributed by atoms with Crippen molar-refractivity contribution in [2.24, 2.45) is 0 Å². The fourth-order valence-corrected chi connectivity index (χ4v) is 1.65. The zero-order chi connectivity index (χ0) is 8.48. The summed E-state index contributed by atoms with van der Waals surface area (Å²) in [6.45, 7) is 0. The van der Waals surface area contributed by atoms with Crippen molar-refractivity contribution in [3.63, 3.8) is 0 Å². The fraction of sp³-hybridized carbons (Fsp3) is 0.143. The first-order valence-electron chi connectivity index (χ1n) is 2.89. The number of hydrogen-bond donors (Lipinski definition) is 0. The van der Waals surface area contributed by atoms with E-state index in [2.05, 4.69) is 0 Å². The molecule has 0 heterocycles. The molecule has 65 valence electrons.